The van der Waals surface area contributed by atoms with Crippen LogP contribution in [-0.4, -0.2) is 21.9 Å². The summed E-state index contributed by atoms with van der Waals surface area (Å²) in [4.78, 5) is 10.4. The molecule has 4 heteroatoms. The molecular formula is C10H11ClO2S. The molecule has 0 aliphatic carbocycles. The van der Waals surface area contributed by atoms with Gasteiger partial charge in [0, 0.05) is 0 Å². The van der Waals surface area contributed by atoms with E-state index in [-0.39, 0.29) is 5.24 Å². The smallest absolute Gasteiger partial charge is 0.231 e. The van der Waals surface area contributed by atoms with E-state index in [4.69, 9.17) is 11.6 Å². The lowest BCUT2D eigenvalue weighted by Crippen LogP contribution is -1.94. The first-order chi connectivity index (χ1) is 6.70. The summed E-state index contributed by atoms with van der Waals surface area (Å²) in [5, 5.41) is 9.09. The highest BCUT2D eigenvalue weighted by Gasteiger charge is 2.00. The lowest BCUT2D eigenvalue weighted by Gasteiger charge is -2.02. The SMILES string of the molecule is O=C(Cl)CSCCc1ccccc1O. The van der Waals surface area contributed by atoms with Crippen molar-refractivity contribution in [3.63, 3.8) is 0 Å². The average molecular weight is 231 g/mol. The number of para-hydroxylation sites is 1. The van der Waals surface area contributed by atoms with Crippen molar-refractivity contribution in [1.29, 1.82) is 0 Å². The Morgan fingerprint density at radius 3 is 2.79 bits per heavy atom. The Morgan fingerprint density at radius 2 is 2.14 bits per heavy atom. The van der Waals surface area contributed by atoms with Crippen molar-refractivity contribution in [3.05, 3.63) is 29.8 Å². The second-order valence-electron chi connectivity index (χ2n) is 2.79. The van der Waals surface area contributed by atoms with Crippen LogP contribution in [0.5, 0.6) is 5.75 Å². The molecule has 0 saturated heterocycles. The monoisotopic (exact) mass is 230 g/mol. The summed E-state index contributed by atoms with van der Waals surface area (Å²) in [6, 6.07) is 7.20. The highest BCUT2D eigenvalue weighted by Crippen LogP contribution is 2.17. The number of phenolic OH excluding ortho intramolecular Hbond substituents is 1. The second kappa shape index (κ2) is 5.94. The van der Waals surface area contributed by atoms with E-state index in [1.165, 1.54) is 11.8 Å². The number of hydrogen-bond acceptors (Lipinski definition) is 3. The van der Waals surface area contributed by atoms with Crippen molar-refractivity contribution in [2.45, 2.75) is 6.42 Å². The third-order valence-electron chi connectivity index (χ3n) is 1.72. The van der Waals surface area contributed by atoms with Gasteiger partial charge in [-0.3, -0.25) is 4.79 Å². The van der Waals surface area contributed by atoms with E-state index in [0.29, 0.717) is 11.5 Å². The molecule has 14 heavy (non-hydrogen) atoms. The summed E-state index contributed by atoms with van der Waals surface area (Å²) >= 11 is 6.65. The first-order valence-corrected chi connectivity index (χ1v) is 5.76. The van der Waals surface area contributed by atoms with Crippen LogP contribution in [0.15, 0.2) is 24.3 Å². The van der Waals surface area contributed by atoms with Crippen LogP contribution in [0.25, 0.3) is 0 Å². The van der Waals surface area contributed by atoms with Gasteiger partial charge in [0.25, 0.3) is 0 Å². The number of benzene rings is 1. The van der Waals surface area contributed by atoms with Crippen LogP contribution < -0.4 is 0 Å². The Kier molecular flexibility index (Phi) is 4.84. The molecule has 76 valence electrons. The maximum Gasteiger partial charge on any atom is 0.231 e. The number of halogens is 1. The molecule has 1 aromatic carbocycles. The number of carbonyl (C=O) groups is 1. The number of phenols is 1. The Labute approximate surface area is 92.3 Å². The molecule has 0 unspecified atom stereocenters. The molecule has 0 fully saturated rings. The summed E-state index contributed by atoms with van der Waals surface area (Å²) in [6.07, 6.45) is 0.751. The largest absolute Gasteiger partial charge is 0.508 e. The van der Waals surface area contributed by atoms with Crippen molar-refractivity contribution >= 4 is 28.6 Å². The van der Waals surface area contributed by atoms with E-state index in [1.807, 2.05) is 12.1 Å². The van der Waals surface area contributed by atoms with Crippen molar-refractivity contribution in [2.75, 3.05) is 11.5 Å². The zero-order chi connectivity index (χ0) is 10.4. The third kappa shape index (κ3) is 4.03. The van der Waals surface area contributed by atoms with Gasteiger partial charge in [-0.1, -0.05) is 18.2 Å². The van der Waals surface area contributed by atoms with Gasteiger partial charge in [0.2, 0.25) is 5.24 Å². The quantitative estimate of drug-likeness (QED) is 0.624. The molecule has 0 aliphatic rings. The van der Waals surface area contributed by atoms with E-state index >= 15 is 0 Å². The zero-order valence-corrected chi connectivity index (χ0v) is 9.14. The molecule has 1 aromatic rings. The molecule has 0 radical (unpaired) electrons. The van der Waals surface area contributed by atoms with Gasteiger partial charge in [-0.2, -0.15) is 11.8 Å². The van der Waals surface area contributed by atoms with Gasteiger partial charge in [0.05, 0.1) is 5.75 Å². The Bertz CT molecular complexity index is 315. The normalized spacial score (nSPS) is 10.1. The summed E-state index contributed by atoms with van der Waals surface area (Å²) < 4.78 is 0. The standard InChI is InChI=1S/C10H11ClO2S/c11-10(13)7-14-6-5-8-3-1-2-4-9(8)12/h1-4,12H,5-7H2. The van der Waals surface area contributed by atoms with E-state index in [0.717, 1.165) is 17.7 Å². The van der Waals surface area contributed by atoms with Gasteiger partial charge in [0.1, 0.15) is 5.75 Å². The summed E-state index contributed by atoms with van der Waals surface area (Å²) in [7, 11) is 0. The van der Waals surface area contributed by atoms with Gasteiger partial charge in [0.15, 0.2) is 0 Å². The number of aryl methyl sites for hydroxylation is 1. The minimum Gasteiger partial charge on any atom is -0.508 e. The summed E-state index contributed by atoms with van der Waals surface area (Å²) in [5.74, 6) is 1.43. The van der Waals surface area contributed by atoms with Gasteiger partial charge in [-0.05, 0) is 35.4 Å². The summed E-state index contributed by atoms with van der Waals surface area (Å²) in [5.41, 5.74) is 0.905. The fourth-order valence-electron chi connectivity index (χ4n) is 1.06. The Morgan fingerprint density at radius 1 is 1.43 bits per heavy atom. The van der Waals surface area contributed by atoms with Crippen LogP contribution >= 0.6 is 23.4 Å². The molecule has 0 aliphatic heterocycles. The molecule has 0 saturated carbocycles. The molecular weight excluding hydrogens is 220 g/mol. The molecule has 1 N–H and O–H groups in total. The van der Waals surface area contributed by atoms with E-state index < -0.39 is 0 Å². The molecule has 0 aromatic heterocycles. The number of carbonyl (C=O) groups excluding carboxylic acids is 1. The van der Waals surface area contributed by atoms with E-state index in [2.05, 4.69) is 0 Å². The van der Waals surface area contributed by atoms with Crippen LogP contribution in [0.2, 0.25) is 0 Å². The molecule has 2 nitrogen and oxygen atoms in total. The third-order valence-corrected chi connectivity index (χ3v) is 2.97. The molecule has 0 spiro atoms. The molecule has 1 rings (SSSR count). The first kappa shape index (κ1) is 11.4. The second-order valence-corrected chi connectivity index (χ2v) is 4.31. The Balaban J connectivity index is 2.31. The van der Waals surface area contributed by atoms with Gasteiger partial charge < -0.3 is 5.11 Å². The van der Waals surface area contributed by atoms with Crippen LogP contribution in [0.1, 0.15) is 5.56 Å². The minimum atomic E-state index is -0.327. The van der Waals surface area contributed by atoms with Crippen LogP contribution in [-0.2, 0) is 11.2 Å². The minimum absolute atomic E-state index is 0.310. The Hall–Kier alpha value is -0.670. The lowest BCUT2D eigenvalue weighted by atomic mass is 10.1. The van der Waals surface area contributed by atoms with E-state index in [1.54, 1.807) is 12.1 Å². The van der Waals surface area contributed by atoms with Crippen molar-refractivity contribution in [1.82, 2.24) is 0 Å². The van der Waals surface area contributed by atoms with Gasteiger partial charge in [-0.25, -0.2) is 0 Å². The van der Waals surface area contributed by atoms with Crippen LogP contribution in [0.3, 0.4) is 0 Å². The van der Waals surface area contributed by atoms with Crippen LogP contribution in [0, 0.1) is 0 Å². The maximum absolute atomic E-state index is 10.4. The molecule has 0 bridgehead atoms. The lowest BCUT2D eigenvalue weighted by molar-refractivity contribution is -0.109. The predicted molar refractivity (Wildman–Crippen MR) is 60.0 cm³/mol. The number of hydrogen-bond donors (Lipinski definition) is 1. The fourth-order valence-corrected chi connectivity index (χ4v) is 1.96. The molecule has 0 amide bonds. The highest BCUT2D eigenvalue weighted by molar-refractivity contribution is 8.00. The number of rotatable bonds is 5. The zero-order valence-electron chi connectivity index (χ0n) is 7.57. The van der Waals surface area contributed by atoms with Crippen LogP contribution in [0.4, 0.5) is 0 Å². The van der Waals surface area contributed by atoms with Gasteiger partial charge >= 0.3 is 0 Å². The molecule has 0 atom stereocenters. The number of thioether (sulfide) groups is 1. The average Bonchev–Trinajstić information content (AvgIpc) is 2.15. The predicted octanol–water partition coefficient (Wildman–Crippen LogP) is 2.43. The van der Waals surface area contributed by atoms with E-state index in [9.17, 15) is 9.90 Å². The summed E-state index contributed by atoms with van der Waals surface area (Å²) in [6.45, 7) is 0. The fraction of sp³-hybridized carbons (Fsp3) is 0.300. The first-order valence-electron chi connectivity index (χ1n) is 4.23. The maximum atomic E-state index is 10.4. The van der Waals surface area contributed by atoms with Crippen molar-refractivity contribution < 1.29 is 9.90 Å². The number of aromatic hydroxyl groups is 1. The topological polar surface area (TPSA) is 37.3 Å². The van der Waals surface area contributed by atoms with Crippen molar-refractivity contribution in [2.24, 2.45) is 0 Å². The van der Waals surface area contributed by atoms with Crippen molar-refractivity contribution in [3.8, 4) is 5.75 Å². The highest BCUT2D eigenvalue weighted by atomic mass is 35.5. The van der Waals surface area contributed by atoms with Gasteiger partial charge in [-0.15, -0.1) is 0 Å². The molecule has 0 heterocycles.